The zero-order chi connectivity index (χ0) is 18.1. The molecule has 0 radical (unpaired) electrons. The lowest BCUT2D eigenvalue weighted by molar-refractivity contribution is 0.0697. The van der Waals surface area contributed by atoms with Gasteiger partial charge in [-0.25, -0.2) is 9.78 Å². The molecule has 1 N–H and O–H groups in total. The first-order valence-electron chi connectivity index (χ1n) is 9.10. The van der Waals surface area contributed by atoms with Crippen LogP contribution in [-0.4, -0.2) is 38.6 Å². The minimum atomic E-state index is -0.909. The maximum Gasteiger partial charge on any atom is 0.335 e. The number of aromatic carboxylic acids is 1. The maximum atomic E-state index is 11.2. The third kappa shape index (κ3) is 3.22. The predicted octanol–water partition coefficient (Wildman–Crippen LogP) is 3.88. The van der Waals surface area contributed by atoms with Crippen LogP contribution >= 0.6 is 0 Å². The Morgan fingerprint density at radius 2 is 1.88 bits per heavy atom. The van der Waals surface area contributed by atoms with Gasteiger partial charge in [0.2, 0.25) is 0 Å². The van der Waals surface area contributed by atoms with E-state index in [0.29, 0.717) is 11.6 Å². The summed E-state index contributed by atoms with van der Waals surface area (Å²) < 4.78 is 2.29. The minimum Gasteiger partial charge on any atom is -0.478 e. The van der Waals surface area contributed by atoms with E-state index in [2.05, 4.69) is 44.8 Å². The fourth-order valence-electron chi connectivity index (χ4n) is 3.99. The summed E-state index contributed by atoms with van der Waals surface area (Å²) in [7, 11) is 0. The summed E-state index contributed by atoms with van der Waals surface area (Å²) in [4.78, 5) is 18.3. The van der Waals surface area contributed by atoms with Crippen molar-refractivity contribution in [3.8, 4) is 0 Å². The number of rotatable bonds is 4. The van der Waals surface area contributed by atoms with Crippen molar-refractivity contribution in [1.82, 2.24) is 14.5 Å². The molecule has 0 atom stereocenters. The topological polar surface area (TPSA) is 58.4 Å². The van der Waals surface area contributed by atoms with Crippen LogP contribution in [0, 0.1) is 6.92 Å². The van der Waals surface area contributed by atoms with E-state index in [-0.39, 0.29) is 0 Å². The van der Waals surface area contributed by atoms with E-state index in [4.69, 9.17) is 0 Å². The predicted molar refractivity (Wildman–Crippen MR) is 101 cm³/mol. The number of hydrogen-bond donors (Lipinski definition) is 1. The van der Waals surface area contributed by atoms with E-state index in [0.717, 1.165) is 49.3 Å². The zero-order valence-corrected chi connectivity index (χ0v) is 14.9. The van der Waals surface area contributed by atoms with E-state index < -0.39 is 5.97 Å². The van der Waals surface area contributed by atoms with Crippen LogP contribution in [-0.2, 0) is 6.54 Å². The van der Waals surface area contributed by atoms with Crippen LogP contribution in [0.4, 0.5) is 0 Å². The van der Waals surface area contributed by atoms with Crippen LogP contribution in [0.3, 0.4) is 0 Å². The first kappa shape index (κ1) is 16.8. The Kier molecular flexibility index (Phi) is 4.47. The maximum absolute atomic E-state index is 11.2. The number of nitrogens with zero attached hydrogens (tertiary/aromatic N) is 3. The number of fused-ring (bicyclic) bond motifs is 1. The summed E-state index contributed by atoms with van der Waals surface area (Å²) in [6.07, 6.45) is 2.17. The molecular weight excluding hydrogens is 326 g/mol. The number of hydrogen-bond acceptors (Lipinski definition) is 3. The van der Waals surface area contributed by atoms with Crippen LogP contribution in [0.1, 0.15) is 40.6 Å². The fourth-order valence-corrected chi connectivity index (χ4v) is 3.99. The summed E-state index contributed by atoms with van der Waals surface area (Å²) in [6, 6.07) is 16.3. The second kappa shape index (κ2) is 6.92. The van der Waals surface area contributed by atoms with Crippen LogP contribution < -0.4 is 0 Å². The van der Waals surface area contributed by atoms with E-state index >= 15 is 0 Å². The fraction of sp³-hybridized carbons (Fsp3) is 0.333. The first-order chi connectivity index (χ1) is 12.6. The largest absolute Gasteiger partial charge is 0.478 e. The SMILES string of the molecule is Cc1nc2cc(C(=O)O)ccc2n1C1CCN(Cc2ccccc2)CC1. The number of imidazole rings is 1. The van der Waals surface area contributed by atoms with Crippen molar-refractivity contribution < 1.29 is 9.90 Å². The molecule has 1 saturated heterocycles. The number of aromatic nitrogens is 2. The van der Waals surface area contributed by atoms with Gasteiger partial charge in [-0.3, -0.25) is 4.90 Å². The monoisotopic (exact) mass is 349 g/mol. The Morgan fingerprint density at radius 3 is 2.58 bits per heavy atom. The Bertz CT molecular complexity index is 925. The molecule has 5 heteroatoms. The van der Waals surface area contributed by atoms with Crippen molar-refractivity contribution in [2.24, 2.45) is 0 Å². The summed E-state index contributed by atoms with van der Waals surface area (Å²) in [5.41, 5.74) is 3.46. The molecule has 0 aliphatic carbocycles. The summed E-state index contributed by atoms with van der Waals surface area (Å²) in [6.45, 7) is 5.13. The standard InChI is InChI=1S/C21H23N3O2/c1-15-22-19-13-17(21(25)26)7-8-20(19)24(15)18-9-11-23(12-10-18)14-16-5-3-2-4-6-16/h2-8,13,18H,9-12,14H2,1H3,(H,25,26). The molecule has 0 spiro atoms. The lowest BCUT2D eigenvalue weighted by atomic mass is 10.0. The molecule has 0 bridgehead atoms. The van der Waals surface area contributed by atoms with Crippen molar-refractivity contribution in [3.05, 3.63) is 65.5 Å². The summed E-state index contributed by atoms with van der Waals surface area (Å²) in [5.74, 6) is 0.0531. The molecule has 2 heterocycles. The van der Waals surface area contributed by atoms with Gasteiger partial charge < -0.3 is 9.67 Å². The highest BCUT2D eigenvalue weighted by atomic mass is 16.4. The van der Waals surface area contributed by atoms with Crippen molar-refractivity contribution in [2.75, 3.05) is 13.1 Å². The lowest BCUT2D eigenvalue weighted by Crippen LogP contribution is -2.34. The van der Waals surface area contributed by atoms with Gasteiger partial charge in [0.1, 0.15) is 5.82 Å². The van der Waals surface area contributed by atoms with E-state index in [9.17, 15) is 9.90 Å². The third-order valence-electron chi connectivity index (χ3n) is 5.28. The van der Waals surface area contributed by atoms with Gasteiger partial charge in [0.05, 0.1) is 16.6 Å². The second-order valence-electron chi connectivity index (χ2n) is 7.03. The molecule has 5 nitrogen and oxygen atoms in total. The highest BCUT2D eigenvalue weighted by Crippen LogP contribution is 2.29. The van der Waals surface area contributed by atoms with Gasteiger partial charge in [-0.05, 0) is 43.5 Å². The molecule has 1 fully saturated rings. The van der Waals surface area contributed by atoms with Crippen molar-refractivity contribution in [1.29, 1.82) is 0 Å². The molecule has 0 amide bonds. The average Bonchev–Trinajstić information content (AvgIpc) is 2.98. The van der Waals surface area contributed by atoms with Crippen molar-refractivity contribution >= 4 is 17.0 Å². The molecule has 0 saturated carbocycles. The Labute approximate surface area is 152 Å². The number of benzene rings is 2. The Morgan fingerprint density at radius 1 is 1.15 bits per heavy atom. The van der Waals surface area contributed by atoms with Crippen LogP contribution in [0.25, 0.3) is 11.0 Å². The zero-order valence-electron chi connectivity index (χ0n) is 14.9. The van der Waals surface area contributed by atoms with Crippen LogP contribution in [0.2, 0.25) is 0 Å². The molecule has 26 heavy (non-hydrogen) atoms. The van der Waals surface area contributed by atoms with Gasteiger partial charge in [0.15, 0.2) is 0 Å². The van der Waals surface area contributed by atoms with Crippen LogP contribution in [0.15, 0.2) is 48.5 Å². The highest BCUT2D eigenvalue weighted by molar-refractivity contribution is 5.92. The van der Waals surface area contributed by atoms with E-state index in [1.54, 1.807) is 12.1 Å². The summed E-state index contributed by atoms with van der Waals surface area (Å²) in [5, 5.41) is 9.18. The number of piperidine rings is 1. The summed E-state index contributed by atoms with van der Waals surface area (Å²) >= 11 is 0. The van der Waals surface area contributed by atoms with Crippen molar-refractivity contribution in [3.63, 3.8) is 0 Å². The van der Waals surface area contributed by atoms with Gasteiger partial charge >= 0.3 is 5.97 Å². The number of likely N-dealkylation sites (tertiary alicyclic amines) is 1. The molecule has 1 aliphatic heterocycles. The molecule has 0 unspecified atom stereocenters. The molecular formula is C21H23N3O2. The molecule has 1 aromatic heterocycles. The second-order valence-corrected chi connectivity index (χ2v) is 7.03. The molecule has 2 aromatic carbocycles. The molecule has 134 valence electrons. The number of aryl methyl sites for hydroxylation is 1. The van der Waals surface area contributed by atoms with Gasteiger partial charge in [-0.1, -0.05) is 30.3 Å². The smallest absolute Gasteiger partial charge is 0.335 e. The molecule has 1 aliphatic rings. The van der Waals surface area contributed by atoms with Gasteiger partial charge in [-0.15, -0.1) is 0 Å². The van der Waals surface area contributed by atoms with E-state index in [1.807, 2.05) is 13.0 Å². The van der Waals surface area contributed by atoms with E-state index in [1.165, 1.54) is 5.56 Å². The van der Waals surface area contributed by atoms with Gasteiger partial charge in [0.25, 0.3) is 0 Å². The van der Waals surface area contributed by atoms with Gasteiger partial charge in [0, 0.05) is 25.7 Å². The first-order valence-corrected chi connectivity index (χ1v) is 9.10. The number of carbonyl (C=O) groups is 1. The number of carboxylic acid groups (broad SMARTS) is 1. The van der Waals surface area contributed by atoms with Crippen molar-refractivity contribution in [2.45, 2.75) is 32.4 Å². The molecule has 4 rings (SSSR count). The normalized spacial score (nSPS) is 16.2. The Balaban J connectivity index is 1.50. The van der Waals surface area contributed by atoms with Crippen LogP contribution in [0.5, 0.6) is 0 Å². The average molecular weight is 349 g/mol. The Hall–Kier alpha value is -2.66. The third-order valence-corrected chi connectivity index (χ3v) is 5.28. The molecule has 3 aromatic rings. The minimum absolute atomic E-state index is 0.292. The highest BCUT2D eigenvalue weighted by Gasteiger charge is 2.23. The quantitative estimate of drug-likeness (QED) is 0.776. The van der Waals surface area contributed by atoms with Gasteiger partial charge in [-0.2, -0.15) is 0 Å². The lowest BCUT2D eigenvalue weighted by Gasteiger charge is -2.33. The number of carboxylic acids is 1.